The molecule has 2 nitrogen and oxygen atoms in total. The zero-order chi connectivity index (χ0) is 15.0. The monoisotopic (exact) mass is 303 g/mol. The molecule has 21 heavy (non-hydrogen) atoms. The number of furan rings is 1. The summed E-state index contributed by atoms with van der Waals surface area (Å²) in [6.07, 6.45) is 0. The van der Waals surface area contributed by atoms with E-state index in [0.717, 1.165) is 16.5 Å². The molecule has 4 heteroatoms. The minimum Gasteiger partial charge on any atom is -0.457 e. The summed E-state index contributed by atoms with van der Waals surface area (Å²) in [4.78, 5) is 0. The Balaban J connectivity index is 2.13. The molecule has 0 saturated heterocycles. The second kappa shape index (κ2) is 5.51. The molecular weight excluding hydrogens is 289 g/mol. The Bertz CT molecular complexity index is 797. The summed E-state index contributed by atoms with van der Waals surface area (Å²) in [6.45, 7) is 1.95. The average molecular weight is 304 g/mol. The van der Waals surface area contributed by atoms with Gasteiger partial charge in [0.05, 0.1) is 11.1 Å². The topological polar surface area (TPSA) is 25.2 Å². The largest absolute Gasteiger partial charge is 0.457 e. The van der Waals surface area contributed by atoms with Gasteiger partial charge in [-0.3, -0.25) is 0 Å². The molecule has 1 heterocycles. The first kappa shape index (κ1) is 14.1. The van der Waals surface area contributed by atoms with Crippen LogP contribution in [0.2, 0.25) is 5.02 Å². The predicted molar refractivity (Wildman–Crippen MR) is 83.3 cm³/mol. The molecule has 1 N–H and O–H groups in total. The Kier molecular flexibility index (Phi) is 3.70. The van der Waals surface area contributed by atoms with Gasteiger partial charge in [-0.2, -0.15) is 0 Å². The number of fused-ring (bicyclic) bond motifs is 1. The van der Waals surface area contributed by atoms with Gasteiger partial charge >= 0.3 is 0 Å². The Morgan fingerprint density at radius 2 is 2.00 bits per heavy atom. The lowest BCUT2D eigenvalue weighted by Crippen LogP contribution is -2.18. The molecule has 1 atom stereocenters. The van der Waals surface area contributed by atoms with Crippen molar-refractivity contribution in [1.29, 1.82) is 0 Å². The second-order valence-electron chi connectivity index (χ2n) is 5.03. The average Bonchev–Trinajstić information content (AvgIpc) is 2.89. The van der Waals surface area contributed by atoms with Crippen molar-refractivity contribution in [2.24, 2.45) is 0 Å². The van der Waals surface area contributed by atoms with Crippen molar-refractivity contribution >= 4 is 22.6 Å². The lowest BCUT2D eigenvalue weighted by molar-refractivity contribution is 0.489. The van der Waals surface area contributed by atoms with E-state index in [-0.39, 0.29) is 11.9 Å². The number of nitrogens with one attached hydrogen (secondary N) is 1. The van der Waals surface area contributed by atoms with Gasteiger partial charge in [-0.1, -0.05) is 29.8 Å². The van der Waals surface area contributed by atoms with Gasteiger partial charge in [-0.25, -0.2) is 4.39 Å². The van der Waals surface area contributed by atoms with Crippen LogP contribution in [-0.2, 0) is 0 Å². The standard InChI is InChI=1S/C17H15ClFNO/c1-10-6-7-12(19)9-13(10)16(20-2)15-8-11-4-3-5-14(18)17(11)21-15/h3-9,16,20H,1-2H3. The van der Waals surface area contributed by atoms with Crippen LogP contribution in [0.1, 0.15) is 22.9 Å². The van der Waals surface area contributed by atoms with E-state index < -0.39 is 0 Å². The van der Waals surface area contributed by atoms with Gasteiger partial charge < -0.3 is 9.73 Å². The van der Waals surface area contributed by atoms with Crippen LogP contribution in [0.4, 0.5) is 4.39 Å². The summed E-state index contributed by atoms with van der Waals surface area (Å²) in [5.41, 5.74) is 2.51. The minimum absolute atomic E-state index is 0.218. The number of benzene rings is 2. The van der Waals surface area contributed by atoms with Crippen LogP contribution >= 0.6 is 11.6 Å². The van der Waals surface area contributed by atoms with Gasteiger partial charge in [0.2, 0.25) is 0 Å². The van der Waals surface area contributed by atoms with E-state index in [1.807, 2.05) is 32.2 Å². The van der Waals surface area contributed by atoms with E-state index in [9.17, 15) is 4.39 Å². The number of halogens is 2. The summed E-state index contributed by atoms with van der Waals surface area (Å²) in [5.74, 6) is 0.458. The summed E-state index contributed by atoms with van der Waals surface area (Å²) in [7, 11) is 1.82. The molecule has 1 unspecified atom stereocenters. The van der Waals surface area contributed by atoms with Crippen LogP contribution in [0.25, 0.3) is 11.0 Å². The molecule has 0 aliphatic heterocycles. The maximum absolute atomic E-state index is 13.5. The van der Waals surface area contributed by atoms with Crippen molar-refractivity contribution in [3.05, 3.63) is 70.2 Å². The quantitative estimate of drug-likeness (QED) is 0.749. The van der Waals surface area contributed by atoms with Gasteiger partial charge in [0.1, 0.15) is 11.6 Å². The highest BCUT2D eigenvalue weighted by Crippen LogP contribution is 2.33. The summed E-state index contributed by atoms with van der Waals surface area (Å²) in [6, 6.07) is 12.1. The zero-order valence-corrected chi connectivity index (χ0v) is 12.5. The number of aryl methyl sites for hydroxylation is 1. The third-order valence-electron chi connectivity index (χ3n) is 3.64. The Morgan fingerprint density at radius 1 is 1.19 bits per heavy atom. The van der Waals surface area contributed by atoms with Gasteiger partial charge in [0.15, 0.2) is 5.58 Å². The summed E-state index contributed by atoms with van der Waals surface area (Å²) < 4.78 is 19.4. The molecule has 0 radical (unpaired) electrons. The zero-order valence-electron chi connectivity index (χ0n) is 11.8. The summed E-state index contributed by atoms with van der Waals surface area (Å²) in [5, 5.41) is 4.69. The summed E-state index contributed by atoms with van der Waals surface area (Å²) >= 11 is 6.15. The van der Waals surface area contributed by atoms with Crippen molar-refractivity contribution in [3.63, 3.8) is 0 Å². The maximum atomic E-state index is 13.5. The predicted octanol–water partition coefficient (Wildman–Crippen LogP) is 4.84. The number of rotatable bonds is 3. The van der Waals surface area contributed by atoms with Crippen molar-refractivity contribution in [1.82, 2.24) is 5.32 Å². The van der Waals surface area contributed by atoms with Crippen LogP contribution < -0.4 is 5.32 Å². The molecular formula is C17H15ClFNO. The Hall–Kier alpha value is -1.84. The number of hydrogen-bond donors (Lipinski definition) is 1. The molecule has 0 aliphatic rings. The molecule has 108 valence electrons. The van der Waals surface area contributed by atoms with Crippen molar-refractivity contribution in [2.45, 2.75) is 13.0 Å². The fraction of sp³-hybridized carbons (Fsp3) is 0.176. The first-order valence-electron chi connectivity index (χ1n) is 6.71. The molecule has 3 rings (SSSR count). The van der Waals surface area contributed by atoms with Crippen LogP contribution in [0.3, 0.4) is 0 Å². The molecule has 0 bridgehead atoms. The maximum Gasteiger partial charge on any atom is 0.152 e. The third-order valence-corrected chi connectivity index (χ3v) is 3.94. The van der Waals surface area contributed by atoms with Crippen LogP contribution in [0.5, 0.6) is 0 Å². The van der Waals surface area contributed by atoms with Crippen LogP contribution in [0.15, 0.2) is 46.9 Å². The molecule has 0 aliphatic carbocycles. The van der Waals surface area contributed by atoms with Crippen LogP contribution in [0, 0.1) is 12.7 Å². The smallest absolute Gasteiger partial charge is 0.152 e. The molecule has 0 spiro atoms. The molecule has 1 aromatic heterocycles. The molecule has 0 amide bonds. The van der Waals surface area contributed by atoms with Crippen molar-refractivity contribution in [2.75, 3.05) is 7.05 Å². The van der Waals surface area contributed by atoms with Gasteiger partial charge in [-0.05, 0) is 49.4 Å². The molecule has 2 aromatic carbocycles. The Morgan fingerprint density at radius 3 is 2.71 bits per heavy atom. The van der Waals surface area contributed by atoms with Gasteiger partial charge in [-0.15, -0.1) is 0 Å². The van der Waals surface area contributed by atoms with E-state index in [2.05, 4.69) is 5.32 Å². The molecule has 3 aromatic rings. The molecule has 0 saturated carbocycles. The highest BCUT2D eigenvalue weighted by molar-refractivity contribution is 6.34. The normalized spacial score (nSPS) is 12.8. The van der Waals surface area contributed by atoms with E-state index in [1.54, 1.807) is 12.1 Å². The van der Waals surface area contributed by atoms with Crippen LogP contribution in [-0.4, -0.2) is 7.05 Å². The molecule has 0 fully saturated rings. The fourth-order valence-electron chi connectivity index (χ4n) is 2.56. The first-order chi connectivity index (χ1) is 10.1. The lowest BCUT2D eigenvalue weighted by Gasteiger charge is -2.16. The third kappa shape index (κ3) is 2.55. The van der Waals surface area contributed by atoms with Gasteiger partial charge in [0.25, 0.3) is 0 Å². The van der Waals surface area contributed by atoms with E-state index >= 15 is 0 Å². The number of para-hydroxylation sites is 1. The van der Waals surface area contributed by atoms with E-state index in [0.29, 0.717) is 16.4 Å². The highest BCUT2D eigenvalue weighted by atomic mass is 35.5. The second-order valence-corrected chi connectivity index (χ2v) is 5.44. The van der Waals surface area contributed by atoms with Gasteiger partial charge in [0, 0.05) is 5.39 Å². The SMILES string of the molecule is CNC(c1cc2cccc(Cl)c2o1)c1cc(F)ccc1C. The number of hydrogen-bond acceptors (Lipinski definition) is 2. The minimum atomic E-state index is -0.259. The first-order valence-corrected chi connectivity index (χ1v) is 7.09. The van der Waals surface area contributed by atoms with Crippen molar-refractivity contribution in [3.8, 4) is 0 Å². The fourth-order valence-corrected chi connectivity index (χ4v) is 2.78. The Labute approximate surface area is 127 Å². The van der Waals surface area contributed by atoms with E-state index in [4.69, 9.17) is 16.0 Å². The highest BCUT2D eigenvalue weighted by Gasteiger charge is 2.20. The van der Waals surface area contributed by atoms with E-state index in [1.165, 1.54) is 12.1 Å². The lowest BCUT2D eigenvalue weighted by atomic mass is 9.99. The van der Waals surface area contributed by atoms with Crippen molar-refractivity contribution < 1.29 is 8.81 Å².